The Hall–Kier alpha value is -1.38. The monoisotopic (exact) mass is 459 g/mol. The van der Waals surface area contributed by atoms with E-state index in [2.05, 4.69) is 24.5 Å². The molecule has 2 N–H and O–H groups in total. The van der Waals surface area contributed by atoms with Gasteiger partial charge in [-0.1, -0.05) is 52.4 Å². The van der Waals surface area contributed by atoms with Crippen LogP contribution in [0.15, 0.2) is 0 Å². The van der Waals surface area contributed by atoms with Crippen molar-refractivity contribution in [2.45, 2.75) is 78.6 Å². The van der Waals surface area contributed by atoms with Gasteiger partial charge < -0.3 is 29.7 Å². The van der Waals surface area contributed by atoms with Gasteiger partial charge in [-0.05, 0) is 19.8 Å². The maximum absolute atomic E-state index is 12.2. The van der Waals surface area contributed by atoms with Gasteiger partial charge in [0.2, 0.25) is 5.91 Å². The van der Waals surface area contributed by atoms with Gasteiger partial charge in [-0.15, -0.1) is 0 Å². The number of unbranched alkanes of at least 4 members (excludes halogenated alkanes) is 6. The normalized spacial score (nSPS) is 10.8. The summed E-state index contributed by atoms with van der Waals surface area (Å²) in [7, 11) is 0. The van der Waals surface area contributed by atoms with Crippen molar-refractivity contribution in [2.75, 3.05) is 65.8 Å². The summed E-state index contributed by atoms with van der Waals surface area (Å²) < 4.78 is 16.3. The van der Waals surface area contributed by atoms with E-state index >= 15 is 0 Å². The third kappa shape index (κ3) is 20.5. The average Bonchev–Trinajstić information content (AvgIpc) is 2.80. The first-order valence-electron chi connectivity index (χ1n) is 12.7. The lowest BCUT2D eigenvalue weighted by molar-refractivity contribution is -0.121. The van der Waals surface area contributed by atoms with Crippen molar-refractivity contribution in [3.8, 4) is 0 Å². The lowest BCUT2D eigenvalue weighted by Gasteiger charge is -2.21. The number of carbonyl (C=O) groups is 2. The predicted molar refractivity (Wildman–Crippen MR) is 129 cm³/mol. The SMILES string of the molecule is CCCCCCCCN(CC)C(=O)NCCOCCOCCOCCNC(=O)CCCC. The van der Waals surface area contributed by atoms with Crippen molar-refractivity contribution in [1.82, 2.24) is 15.5 Å². The minimum Gasteiger partial charge on any atom is -0.377 e. The zero-order chi connectivity index (χ0) is 23.7. The first-order chi connectivity index (χ1) is 15.7. The van der Waals surface area contributed by atoms with Gasteiger partial charge >= 0.3 is 6.03 Å². The molecule has 0 aromatic heterocycles. The van der Waals surface area contributed by atoms with Gasteiger partial charge in [-0.25, -0.2) is 4.79 Å². The van der Waals surface area contributed by atoms with Gasteiger partial charge in [0.15, 0.2) is 0 Å². The molecule has 0 bridgehead atoms. The summed E-state index contributed by atoms with van der Waals surface area (Å²) in [6, 6.07) is -0.0142. The fourth-order valence-corrected chi connectivity index (χ4v) is 3.06. The lowest BCUT2D eigenvalue weighted by Crippen LogP contribution is -2.41. The summed E-state index contributed by atoms with van der Waals surface area (Å²) >= 11 is 0. The van der Waals surface area contributed by atoms with Crippen LogP contribution >= 0.6 is 0 Å². The van der Waals surface area contributed by atoms with E-state index in [0.717, 1.165) is 32.4 Å². The molecule has 0 saturated carbocycles. The molecule has 0 aromatic rings. The van der Waals surface area contributed by atoms with Crippen LogP contribution in [0.3, 0.4) is 0 Å². The molecule has 0 unspecified atom stereocenters. The van der Waals surface area contributed by atoms with E-state index in [-0.39, 0.29) is 11.9 Å². The maximum Gasteiger partial charge on any atom is 0.317 e. The fraction of sp³-hybridized carbons (Fsp3) is 0.917. The van der Waals surface area contributed by atoms with Gasteiger partial charge in [0.05, 0.1) is 39.6 Å². The number of urea groups is 1. The summed E-state index contributed by atoms with van der Waals surface area (Å²) in [4.78, 5) is 25.5. The van der Waals surface area contributed by atoms with Gasteiger partial charge in [0.1, 0.15) is 0 Å². The molecule has 8 heteroatoms. The Kier molecular flexibility index (Phi) is 23.2. The molecule has 0 heterocycles. The molecule has 8 nitrogen and oxygen atoms in total. The average molecular weight is 460 g/mol. The van der Waals surface area contributed by atoms with Crippen molar-refractivity contribution in [2.24, 2.45) is 0 Å². The second-order valence-corrected chi connectivity index (χ2v) is 7.87. The summed E-state index contributed by atoms with van der Waals surface area (Å²) in [6.45, 7) is 11.8. The molecule has 0 aromatic carbocycles. The lowest BCUT2D eigenvalue weighted by atomic mass is 10.1. The minimum atomic E-state index is -0.0142. The molecule has 0 aliphatic carbocycles. The van der Waals surface area contributed by atoms with Crippen LogP contribution in [-0.4, -0.2) is 82.7 Å². The second kappa shape index (κ2) is 24.3. The molecule has 0 fully saturated rings. The van der Waals surface area contributed by atoms with E-state index < -0.39 is 0 Å². The number of hydrogen-bond acceptors (Lipinski definition) is 5. The third-order valence-electron chi connectivity index (χ3n) is 5.04. The van der Waals surface area contributed by atoms with Crippen LogP contribution in [0.2, 0.25) is 0 Å². The molecule has 3 amide bonds. The molecule has 0 atom stereocenters. The van der Waals surface area contributed by atoms with Crippen LogP contribution in [-0.2, 0) is 19.0 Å². The van der Waals surface area contributed by atoms with Crippen LogP contribution in [0.4, 0.5) is 4.79 Å². The second-order valence-electron chi connectivity index (χ2n) is 7.87. The number of ether oxygens (including phenoxy) is 3. The van der Waals surface area contributed by atoms with E-state index in [1.165, 1.54) is 32.1 Å². The van der Waals surface area contributed by atoms with Crippen LogP contribution in [0.25, 0.3) is 0 Å². The van der Waals surface area contributed by atoms with Gasteiger partial charge in [-0.2, -0.15) is 0 Å². The Labute approximate surface area is 196 Å². The molecular weight excluding hydrogens is 410 g/mol. The number of nitrogens with zero attached hydrogens (tertiary/aromatic N) is 1. The van der Waals surface area contributed by atoms with E-state index in [0.29, 0.717) is 59.2 Å². The number of rotatable bonds is 23. The van der Waals surface area contributed by atoms with Crippen molar-refractivity contribution in [1.29, 1.82) is 0 Å². The van der Waals surface area contributed by atoms with Crippen molar-refractivity contribution < 1.29 is 23.8 Å². The molecule has 190 valence electrons. The first-order valence-corrected chi connectivity index (χ1v) is 12.7. The van der Waals surface area contributed by atoms with E-state index in [4.69, 9.17) is 14.2 Å². The molecule has 32 heavy (non-hydrogen) atoms. The fourth-order valence-electron chi connectivity index (χ4n) is 3.06. The summed E-state index contributed by atoms with van der Waals surface area (Å²) in [5, 5.41) is 5.74. The quantitative estimate of drug-likeness (QED) is 0.227. The first kappa shape index (κ1) is 30.6. The van der Waals surface area contributed by atoms with Crippen molar-refractivity contribution in [3.63, 3.8) is 0 Å². The molecule has 0 aliphatic rings. The molecule has 0 saturated heterocycles. The largest absolute Gasteiger partial charge is 0.377 e. The van der Waals surface area contributed by atoms with E-state index in [9.17, 15) is 9.59 Å². The van der Waals surface area contributed by atoms with E-state index in [1.807, 2.05) is 11.8 Å². The number of nitrogens with one attached hydrogen (secondary N) is 2. The predicted octanol–water partition coefficient (Wildman–Crippen LogP) is 3.73. The smallest absolute Gasteiger partial charge is 0.317 e. The molecule has 0 radical (unpaired) electrons. The highest BCUT2D eigenvalue weighted by atomic mass is 16.5. The maximum atomic E-state index is 12.2. The van der Waals surface area contributed by atoms with Crippen LogP contribution in [0, 0.1) is 0 Å². The van der Waals surface area contributed by atoms with Crippen molar-refractivity contribution >= 4 is 11.9 Å². The minimum absolute atomic E-state index is 0.0142. The Morgan fingerprint density at radius 3 is 1.78 bits per heavy atom. The molecular formula is C24H49N3O5. The Balaban J connectivity index is 3.42. The third-order valence-corrected chi connectivity index (χ3v) is 5.04. The summed E-state index contributed by atoms with van der Waals surface area (Å²) in [5.41, 5.74) is 0. The topological polar surface area (TPSA) is 89.1 Å². The van der Waals surface area contributed by atoms with Crippen LogP contribution in [0.5, 0.6) is 0 Å². The zero-order valence-corrected chi connectivity index (χ0v) is 20.9. The number of amides is 3. The number of carbonyl (C=O) groups excluding carboxylic acids is 2. The van der Waals surface area contributed by atoms with Crippen molar-refractivity contribution in [3.05, 3.63) is 0 Å². The van der Waals surface area contributed by atoms with Gasteiger partial charge in [-0.3, -0.25) is 4.79 Å². The van der Waals surface area contributed by atoms with Crippen LogP contribution in [0.1, 0.15) is 78.6 Å². The zero-order valence-electron chi connectivity index (χ0n) is 20.9. The highest BCUT2D eigenvalue weighted by Crippen LogP contribution is 2.06. The highest BCUT2D eigenvalue weighted by Gasteiger charge is 2.09. The Morgan fingerprint density at radius 1 is 0.656 bits per heavy atom. The molecule has 0 rings (SSSR count). The Bertz CT molecular complexity index is 438. The number of hydrogen-bond donors (Lipinski definition) is 2. The summed E-state index contributed by atoms with van der Waals surface area (Å²) in [6.07, 6.45) is 9.89. The molecule has 0 aliphatic heterocycles. The summed E-state index contributed by atoms with van der Waals surface area (Å²) in [5.74, 6) is 0.0836. The molecule has 0 spiro atoms. The Morgan fingerprint density at radius 2 is 1.19 bits per heavy atom. The van der Waals surface area contributed by atoms with Gasteiger partial charge in [0, 0.05) is 32.6 Å². The van der Waals surface area contributed by atoms with E-state index in [1.54, 1.807) is 0 Å². The van der Waals surface area contributed by atoms with Crippen LogP contribution < -0.4 is 10.6 Å². The highest BCUT2D eigenvalue weighted by molar-refractivity contribution is 5.75. The standard InChI is InChI=1S/C24H49N3O5/c1-4-7-9-10-11-12-16-27(6-3)24(29)26-15-18-31-20-22-32-21-19-30-17-14-25-23(28)13-8-5-2/h4-22H2,1-3H3,(H,25,28)(H,26,29). The van der Waals surface area contributed by atoms with Gasteiger partial charge in [0.25, 0.3) is 0 Å².